The van der Waals surface area contributed by atoms with Crippen LogP contribution in [0.15, 0.2) is 35.0 Å². The van der Waals surface area contributed by atoms with Gasteiger partial charge in [-0.1, -0.05) is 11.8 Å². The average molecular weight is 301 g/mol. The van der Waals surface area contributed by atoms with Gasteiger partial charge in [-0.15, -0.1) is 0 Å². The summed E-state index contributed by atoms with van der Waals surface area (Å²) in [6, 6.07) is 7.99. The van der Waals surface area contributed by atoms with Crippen LogP contribution >= 0.6 is 11.3 Å². The van der Waals surface area contributed by atoms with Crippen LogP contribution in [0.4, 0.5) is 0 Å². The first kappa shape index (κ1) is 15.6. The molecule has 4 heteroatoms. The molecule has 2 rings (SSSR count). The van der Waals surface area contributed by atoms with E-state index in [1.54, 1.807) is 18.4 Å². The Kier molecular flexibility index (Phi) is 5.82. The van der Waals surface area contributed by atoms with Gasteiger partial charge in [-0.25, -0.2) is 0 Å². The SMILES string of the molecule is COc1ccc(C#CCO)cc1CN(C)Cc1ccsc1. The maximum absolute atomic E-state index is 8.78. The van der Waals surface area contributed by atoms with Crippen molar-refractivity contribution in [1.82, 2.24) is 4.90 Å². The molecule has 1 N–H and O–H groups in total. The number of hydrogen-bond acceptors (Lipinski definition) is 4. The highest BCUT2D eigenvalue weighted by atomic mass is 32.1. The number of thiophene rings is 1. The van der Waals surface area contributed by atoms with Gasteiger partial charge in [0.05, 0.1) is 7.11 Å². The van der Waals surface area contributed by atoms with E-state index >= 15 is 0 Å². The highest BCUT2D eigenvalue weighted by Gasteiger charge is 2.08. The molecule has 0 spiro atoms. The summed E-state index contributed by atoms with van der Waals surface area (Å²) in [6.07, 6.45) is 0. The van der Waals surface area contributed by atoms with Gasteiger partial charge in [-0.3, -0.25) is 4.90 Å². The first-order valence-corrected chi connectivity index (χ1v) is 7.63. The van der Waals surface area contributed by atoms with Crippen LogP contribution in [-0.4, -0.2) is 30.8 Å². The van der Waals surface area contributed by atoms with E-state index in [0.717, 1.165) is 30.0 Å². The van der Waals surface area contributed by atoms with Crippen LogP contribution in [0, 0.1) is 11.8 Å². The minimum Gasteiger partial charge on any atom is -0.496 e. The third kappa shape index (κ3) is 4.61. The van der Waals surface area contributed by atoms with E-state index < -0.39 is 0 Å². The summed E-state index contributed by atoms with van der Waals surface area (Å²) < 4.78 is 5.42. The van der Waals surface area contributed by atoms with Gasteiger partial charge in [0.15, 0.2) is 0 Å². The molecule has 0 bridgehead atoms. The van der Waals surface area contributed by atoms with Gasteiger partial charge in [0.2, 0.25) is 0 Å². The molecule has 0 aliphatic heterocycles. The Hall–Kier alpha value is -1.80. The Balaban J connectivity index is 2.12. The van der Waals surface area contributed by atoms with Crippen LogP contribution in [0.2, 0.25) is 0 Å². The Bertz CT molecular complexity index is 626. The Morgan fingerprint density at radius 3 is 2.81 bits per heavy atom. The van der Waals surface area contributed by atoms with Crippen molar-refractivity contribution >= 4 is 11.3 Å². The van der Waals surface area contributed by atoms with Gasteiger partial charge < -0.3 is 9.84 Å². The fourth-order valence-corrected chi connectivity index (χ4v) is 2.82. The van der Waals surface area contributed by atoms with Gasteiger partial charge in [0, 0.05) is 24.2 Å². The zero-order chi connectivity index (χ0) is 15.1. The molecule has 0 fully saturated rings. The number of aliphatic hydroxyl groups excluding tert-OH is 1. The Morgan fingerprint density at radius 2 is 2.14 bits per heavy atom. The first-order chi connectivity index (χ1) is 10.2. The summed E-state index contributed by atoms with van der Waals surface area (Å²) in [5, 5.41) is 13.0. The van der Waals surface area contributed by atoms with Crippen molar-refractivity contribution in [2.75, 3.05) is 20.8 Å². The third-order valence-electron chi connectivity index (χ3n) is 3.07. The zero-order valence-corrected chi connectivity index (χ0v) is 13.1. The average Bonchev–Trinajstić information content (AvgIpc) is 2.98. The van der Waals surface area contributed by atoms with Gasteiger partial charge >= 0.3 is 0 Å². The molecular formula is C17H19NO2S. The summed E-state index contributed by atoms with van der Waals surface area (Å²) in [4.78, 5) is 2.24. The van der Waals surface area contributed by atoms with E-state index in [0.29, 0.717) is 0 Å². The van der Waals surface area contributed by atoms with Crippen molar-refractivity contribution < 1.29 is 9.84 Å². The summed E-state index contributed by atoms with van der Waals surface area (Å²) in [6.45, 7) is 1.56. The second-order valence-electron chi connectivity index (χ2n) is 4.79. The molecule has 21 heavy (non-hydrogen) atoms. The molecule has 1 heterocycles. The fraction of sp³-hybridized carbons (Fsp3) is 0.294. The molecule has 0 atom stereocenters. The molecule has 0 amide bonds. The minimum absolute atomic E-state index is 0.126. The van der Waals surface area contributed by atoms with Crippen molar-refractivity contribution in [1.29, 1.82) is 0 Å². The van der Waals surface area contributed by atoms with E-state index in [9.17, 15) is 0 Å². The van der Waals surface area contributed by atoms with Gasteiger partial charge in [0.25, 0.3) is 0 Å². The Labute approximate surface area is 129 Å². The number of methoxy groups -OCH3 is 1. The largest absolute Gasteiger partial charge is 0.496 e. The summed E-state index contributed by atoms with van der Waals surface area (Å²) in [7, 11) is 3.76. The highest BCUT2D eigenvalue weighted by Crippen LogP contribution is 2.22. The molecule has 0 aliphatic carbocycles. The number of benzene rings is 1. The van der Waals surface area contributed by atoms with Crippen LogP contribution in [-0.2, 0) is 13.1 Å². The Morgan fingerprint density at radius 1 is 1.29 bits per heavy atom. The van der Waals surface area contributed by atoms with Crippen LogP contribution in [0.1, 0.15) is 16.7 Å². The lowest BCUT2D eigenvalue weighted by atomic mass is 10.1. The second-order valence-corrected chi connectivity index (χ2v) is 5.57. The number of ether oxygens (including phenoxy) is 1. The summed E-state index contributed by atoms with van der Waals surface area (Å²) in [5.74, 6) is 6.47. The number of rotatable bonds is 5. The maximum Gasteiger partial charge on any atom is 0.123 e. The van der Waals surface area contributed by atoms with Gasteiger partial charge in [-0.05, 0) is 47.6 Å². The standard InChI is InChI=1S/C17H19NO2S/c1-18(11-15-7-9-21-13-15)12-16-10-14(4-3-8-19)5-6-17(16)20-2/h5-7,9-10,13,19H,8,11-12H2,1-2H3. The lowest BCUT2D eigenvalue weighted by Crippen LogP contribution is -2.17. The van der Waals surface area contributed by atoms with E-state index in [1.807, 2.05) is 18.2 Å². The quantitative estimate of drug-likeness (QED) is 0.862. The van der Waals surface area contributed by atoms with Gasteiger partial charge in [0.1, 0.15) is 12.4 Å². The van der Waals surface area contributed by atoms with Gasteiger partial charge in [-0.2, -0.15) is 11.3 Å². The second kappa shape index (κ2) is 7.84. The van der Waals surface area contributed by atoms with Crippen molar-refractivity contribution in [2.24, 2.45) is 0 Å². The van der Waals surface area contributed by atoms with Crippen molar-refractivity contribution in [3.63, 3.8) is 0 Å². The monoisotopic (exact) mass is 301 g/mol. The fourth-order valence-electron chi connectivity index (χ4n) is 2.16. The lowest BCUT2D eigenvalue weighted by Gasteiger charge is -2.18. The topological polar surface area (TPSA) is 32.7 Å². The first-order valence-electron chi connectivity index (χ1n) is 6.69. The summed E-state index contributed by atoms with van der Waals surface area (Å²) >= 11 is 1.71. The van der Waals surface area contributed by atoms with Crippen molar-refractivity contribution in [2.45, 2.75) is 13.1 Å². The molecule has 0 radical (unpaired) electrons. The predicted octanol–water partition coefficient (Wildman–Crippen LogP) is 2.73. The minimum atomic E-state index is -0.126. The molecule has 1 aromatic heterocycles. The number of hydrogen-bond donors (Lipinski definition) is 1. The summed E-state index contributed by atoms with van der Waals surface area (Å²) in [5.41, 5.74) is 3.31. The number of nitrogens with zero attached hydrogens (tertiary/aromatic N) is 1. The van der Waals surface area contributed by atoms with Crippen molar-refractivity contribution in [3.8, 4) is 17.6 Å². The molecule has 110 valence electrons. The number of aliphatic hydroxyl groups is 1. The van der Waals surface area contributed by atoms with E-state index in [2.05, 4.69) is 40.6 Å². The van der Waals surface area contributed by atoms with Crippen LogP contribution in [0.3, 0.4) is 0 Å². The predicted molar refractivity (Wildman–Crippen MR) is 86.4 cm³/mol. The van der Waals surface area contributed by atoms with Crippen LogP contribution in [0.5, 0.6) is 5.75 Å². The van der Waals surface area contributed by atoms with E-state index in [-0.39, 0.29) is 6.61 Å². The lowest BCUT2D eigenvalue weighted by molar-refractivity contribution is 0.310. The van der Waals surface area contributed by atoms with E-state index in [4.69, 9.17) is 9.84 Å². The zero-order valence-electron chi connectivity index (χ0n) is 12.3. The highest BCUT2D eigenvalue weighted by molar-refractivity contribution is 7.07. The van der Waals surface area contributed by atoms with Crippen LogP contribution < -0.4 is 4.74 Å². The third-order valence-corrected chi connectivity index (χ3v) is 3.80. The maximum atomic E-state index is 8.78. The molecular weight excluding hydrogens is 282 g/mol. The molecule has 0 saturated heterocycles. The van der Waals surface area contributed by atoms with Crippen molar-refractivity contribution in [3.05, 3.63) is 51.7 Å². The normalized spacial score (nSPS) is 10.3. The molecule has 0 saturated carbocycles. The molecule has 2 aromatic rings. The smallest absolute Gasteiger partial charge is 0.123 e. The molecule has 0 aliphatic rings. The van der Waals surface area contributed by atoms with Crippen LogP contribution in [0.25, 0.3) is 0 Å². The molecule has 1 aromatic carbocycles. The van der Waals surface area contributed by atoms with E-state index in [1.165, 1.54) is 5.56 Å². The molecule has 0 unspecified atom stereocenters. The molecule has 3 nitrogen and oxygen atoms in total.